The molecule has 2 atom stereocenters. The Morgan fingerprint density at radius 2 is 0.881 bits per heavy atom. The van der Waals surface area contributed by atoms with Crippen LogP contribution in [-0.4, -0.2) is 24.5 Å². The third-order valence-electron chi connectivity index (χ3n) is 8.09. The van der Waals surface area contributed by atoms with Crippen LogP contribution in [-0.2, 0) is 38.7 Å². The topological polar surface area (TPSA) is 70.8 Å². The van der Waals surface area contributed by atoms with Gasteiger partial charge in [0.25, 0.3) is 0 Å². The van der Waals surface area contributed by atoms with Gasteiger partial charge in [0.2, 0.25) is 0 Å². The molecule has 2 aromatic carbocycles. The first-order valence-electron chi connectivity index (χ1n) is 15.0. The molecule has 0 heterocycles. The predicted octanol–water partition coefficient (Wildman–Crippen LogP) is 4.87. The molecule has 0 N–H and O–H groups in total. The Balaban J connectivity index is 0.00000441. The standard InChI is InChI=1S/C36H54N2O2.ClH.Mn/c1-33(2,3)25-17-23(31(39)27(19-25)35(7,8)9)21-37-29-15-13-14-16-30(29)38-22-24-18-26(34(4,5)6)20-28(32(24)40)36(10,11)12;;/h17-22,29-30,39-40H,13-16H2,1-12H3;1H;/q;;+3/p-3/t29-,30-;;/m1../s1. The van der Waals surface area contributed by atoms with Gasteiger partial charge in [-0.1, -0.05) is 132 Å². The van der Waals surface area contributed by atoms with Crippen LogP contribution in [0.3, 0.4) is 0 Å². The number of halogens is 1. The van der Waals surface area contributed by atoms with Gasteiger partial charge in [-0.25, -0.2) is 0 Å². The second kappa shape index (κ2) is 13.9. The summed E-state index contributed by atoms with van der Waals surface area (Å²) in [6.45, 7) is 25.6. The summed E-state index contributed by atoms with van der Waals surface area (Å²) < 4.78 is 0. The van der Waals surface area contributed by atoms with Gasteiger partial charge in [0.05, 0.1) is 12.1 Å². The van der Waals surface area contributed by atoms with E-state index < -0.39 is 0 Å². The predicted molar refractivity (Wildman–Crippen MR) is 168 cm³/mol. The minimum Gasteiger partial charge on any atom is -1.00 e. The molecule has 6 heteroatoms. The van der Waals surface area contributed by atoms with E-state index in [4.69, 9.17) is 9.98 Å². The molecule has 0 saturated heterocycles. The molecule has 1 aliphatic carbocycles. The molecular formula is C36H52ClMnN2O2. The number of benzene rings is 2. The summed E-state index contributed by atoms with van der Waals surface area (Å²) in [5, 5.41) is 26.9. The number of hydrogen-bond acceptors (Lipinski definition) is 4. The first-order valence-corrected chi connectivity index (χ1v) is 15.0. The van der Waals surface area contributed by atoms with Crippen LogP contribution in [0, 0.1) is 0 Å². The fourth-order valence-corrected chi connectivity index (χ4v) is 5.27. The van der Waals surface area contributed by atoms with Crippen molar-refractivity contribution >= 4 is 12.4 Å². The van der Waals surface area contributed by atoms with Gasteiger partial charge in [-0.3, -0.25) is 9.98 Å². The van der Waals surface area contributed by atoms with E-state index in [2.05, 4.69) is 95.2 Å². The maximum Gasteiger partial charge on any atom is 3.00 e. The van der Waals surface area contributed by atoms with Crippen molar-refractivity contribution in [3.05, 3.63) is 57.6 Å². The van der Waals surface area contributed by atoms with Gasteiger partial charge in [-0.2, -0.15) is 0 Å². The Morgan fingerprint density at radius 3 is 1.14 bits per heavy atom. The van der Waals surface area contributed by atoms with E-state index in [1.165, 1.54) is 0 Å². The summed E-state index contributed by atoms with van der Waals surface area (Å²) in [4.78, 5) is 9.95. The van der Waals surface area contributed by atoms with Crippen LogP contribution in [0.25, 0.3) is 0 Å². The molecule has 0 amide bonds. The molecule has 1 fully saturated rings. The van der Waals surface area contributed by atoms with E-state index in [9.17, 15) is 10.2 Å². The van der Waals surface area contributed by atoms with E-state index in [0.717, 1.165) is 47.9 Å². The van der Waals surface area contributed by atoms with Gasteiger partial charge in [-0.05, 0) is 67.9 Å². The molecule has 1 saturated carbocycles. The summed E-state index contributed by atoms with van der Waals surface area (Å²) in [5.41, 5.74) is 4.62. The Hall–Kier alpha value is -1.81. The minimum absolute atomic E-state index is 0. The van der Waals surface area contributed by atoms with Crippen molar-refractivity contribution in [2.45, 2.75) is 143 Å². The van der Waals surface area contributed by atoms with E-state index >= 15 is 0 Å². The van der Waals surface area contributed by atoms with Crippen LogP contribution in [0.5, 0.6) is 11.5 Å². The SMILES string of the molecule is CC(C)(C)c1cc(C=N[C@@H]2CCCC[C@H]2N=Cc2cc(C(C)(C)C)cc(C(C)(C)C)c2[O-])c([O-])c(C(C)(C)C)c1.[Cl-].[Mn+3]. The molecule has 0 spiro atoms. The van der Waals surface area contributed by atoms with Crippen molar-refractivity contribution in [3.63, 3.8) is 0 Å². The van der Waals surface area contributed by atoms with Crippen LogP contribution >= 0.6 is 0 Å². The largest absolute Gasteiger partial charge is 3.00 e. The second-order valence-corrected chi connectivity index (χ2v) is 15.9. The molecule has 1 aliphatic rings. The Labute approximate surface area is 272 Å². The maximum atomic E-state index is 13.5. The van der Waals surface area contributed by atoms with Crippen molar-refractivity contribution in [2.75, 3.05) is 0 Å². The Morgan fingerprint density at radius 1 is 0.571 bits per heavy atom. The molecular weight excluding hydrogens is 583 g/mol. The number of rotatable bonds is 4. The van der Waals surface area contributed by atoms with Crippen molar-refractivity contribution in [1.29, 1.82) is 0 Å². The average Bonchev–Trinajstić information content (AvgIpc) is 2.80. The maximum absolute atomic E-state index is 13.5. The van der Waals surface area contributed by atoms with E-state index in [1.807, 2.05) is 12.1 Å². The van der Waals surface area contributed by atoms with Crippen molar-refractivity contribution in [2.24, 2.45) is 9.98 Å². The third kappa shape index (κ3) is 9.34. The number of nitrogens with zero attached hydrogens (tertiary/aromatic N) is 2. The average molecular weight is 635 g/mol. The van der Waals surface area contributed by atoms with Crippen LogP contribution in [0.4, 0.5) is 0 Å². The smallest absolute Gasteiger partial charge is 1.00 e. The number of hydrogen-bond donors (Lipinski definition) is 0. The van der Waals surface area contributed by atoms with Crippen LogP contribution in [0.15, 0.2) is 34.3 Å². The monoisotopic (exact) mass is 634 g/mol. The summed E-state index contributed by atoms with van der Waals surface area (Å²) in [6, 6.07) is 8.15. The van der Waals surface area contributed by atoms with Gasteiger partial charge < -0.3 is 22.6 Å². The second-order valence-electron chi connectivity index (χ2n) is 15.9. The zero-order valence-electron chi connectivity index (χ0n) is 27.9. The van der Waals surface area contributed by atoms with Crippen LogP contribution < -0.4 is 22.6 Å². The van der Waals surface area contributed by atoms with Crippen LogP contribution in [0.2, 0.25) is 0 Å². The normalized spacial score (nSPS) is 18.7. The van der Waals surface area contributed by atoms with Gasteiger partial charge in [0, 0.05) is 12.4 Å². The molecule has 0 bridgehead atoms. The fourth-order valence-electron chi connectivity index (χ4n) is 5.27. The fraction of sp³-hybridized carbons (Fsp3) is 0.611. The summed E-state index contributed by atoms with van der Waals surface area (Å²) in [6.07, 6.45) is 7.63. The van der Waals surface area contributed by atoms with Gasteiger partial charge >= 0.3 is 17.1 Å². The van der Waals surface area contributed by atoms with E-state index in [-0.39, 0.29) is 74.7 Å². The molecule has 3 rings (SSSR count). The van der Waals surface area contributed by atoms with Crippen molar-refractivity contribution in [1.82, 2.24) is 0 Å². The summed E-state index contributed by atoms with van der Waals surface area (Å²) in [7, 11) is 0. The molecule has 0 aliphatic heterocycles. The Bertz CT molecular complexity index is 1170. The van der Waals surface area contributed by atoms with Gasteiger partial charge in [-0.15, -0.1) is 0 Å². The number of aliphatic imine (C=N–C) groups is 2. The molecule has 0 aromatic heterocycles. The zero-order chi connectivity index (χ0) is 30.3. The van der Waals surface area contributed by atoms with E-state index in [0.29, 0.717) is 11.1 Å². The first-order chi connectivity index (χ1) is 18.2. The van der Waals surface area contributed by atoms with Crippen LogP contribution in [0.1, 0.15) is 142 Å². The van der Waals surface area contributed by atoms with Gasteiger partial charge in [0.1, 0.15) is 0 Å². The molecule has 232 valence electrons. The van der Waals surface area contributed by atoms with Crippen molar-refractivity contribution < 1.29 is 39.7 Å². The zero-order valence-corrected chi connectivity index (χ0v) is 29.9. The first kappa shape index (κ1) is 38.2. The third-order valence-corrected chi connectivity index (χ3v) is 8.09. The summed E-state index contributed by atoms with van der Waals surface area (Å²) >= 11 is 0. The quantitative estimate of drug-likeness (QED) is 0.356. The molecule has 0 unspecified atom stereocenters. The van der Waals surface area contributed by atoms with E-state index in [1.54, 1.807) is 12.4 Å². The molecule has 4 nitrogen and oxygen atoms in total. The Kier molecular flexibility index (Phi) is 12.6. The summed E-state index contributed by atoms with van der Waals surface area (Å²) in [5.74, 6) is 0.120. The van der Waals surface area contributed by atoms with Crippen molar-refractivity contribution in [3.8, 4) is 11.5 Å². The van der Waals surface area contributed by atoms with Gasteiger partial charge in [0.15, 0.2) is 0 Å². The molecule has 42 heavy (non-hydrogen) atoms. The molecule has 2 aromatic rings. The molecule has 0 radical (unpaired) electrons. The minimum atomic E-state index is -0.248.